The number of nitrogens with one attached hydrogen (secondary N) is 3. The van der Waals surface area contributed by atoms with Crippen LogP contribution < -0.4 is 35.9 Å². The van der Waals surface area contributed by atoms with Gasteiger partial charge in [-0.3, -0.25) is 5.32 Å². The molecule has 95 heavy (non-hydrogen) atoms. The van der Waals surface area contributed by atoms with E-state index in [9.17, 15) is 9.59 Å². The summed E-state index contributed by atoms with van der Waals surface area (Å²) in [6.07, 6.45) is 19.2. The molecule has 0 atom stereocenters. The molecule has 14 rings (SSSR count). The van der Waals surface area contributed by atoms with Crippen molar-refractivity contribution in [2.75, 3.05) is 99.5 Å². The van der Waals surface area contributed by atoms with Crippen LogP contribution in [-0.4, -0.2) is 171 Å². The third-order valence-corrected chi connectivity index (χ3v) is 19.1. The molecular weight excluding hydrogens is 1320 g/mol. The van der Waals surface area contributed by atoms with Crippen molar-refractivity contribution in [2.24, 2.45) is 0 Å². The normalized spacial score (nSPS) is 12.2. The molecule has 27 nitrogen and oxygen atoms in total. The number of hydrogen-bond acceptors (Lipinski definition) is 31. The summed E-state index contributed by atoms with van der Waals surface area (Å²) in [6, 6.07) is 3.89. The van der Waals surface area contributed by atoms with Crippen LogP contribution in [0.15, 0.2) is 111 Å². The molecule has 2 aliphatic rings. The fourth-order valence-electron chi connectivity index (χ4n) is 8.31. The molecule has 3 N–H and O–H groups in total. The molecule has 33 heteroatoms. The van der Waals surface area contributed by atoms with Crippen LogP contribution in [0, 0.1) is 41.5 Å². The summed E-state index contributed by atoms with van der Waals surface area (Å²) in [5.74, 6) is 3.57. The number of carbonyl (C=O) groups excluding carboxylic acids is 1. The molecule has 0 spiro atoms. The molecule has 492 valence electrons. The van der Waals surface area contributed by atoms with Crippen LogP contribution in [0.3, 0.4) is 0 Å². The number of thiazole rings is 6. The first kappa shape index (κ1) is 69.8. The molecule has 12 aromatic heterocycles. The number of ether oxygens (including phenoxy) is 1. The van der Waals surface area contributed by atoms with Crippen LogP contribution in [-0.2, 0) is 4.74 Å². The lowest BCUT2D eigenvalue weighted by Crippen LogP contribution is -2.44. The van der Waals surface area contributed by atoms with Gasteiger partial charge in [-0.25, -0.2) is 84.3 Å². The zero-order chi connectivity index (χ0) is 67.2. The number of carbonyl (C=O) groups is 1. The first-order valence-corrected chi connectivity index (χ1v) is 34.8. The first-order chi connectivity index (χ1) is 45.9. The predicted octanol–water partition coefficient (Wildman–Crippen LogP) is 11.1. The number of piperazine rings is 1. The van der Waals surface area contributed by atoms with Gasteiger partial charge in [0, 0.05) is 206 Å². The van der Waals surface area contributed by atoms with Gasteiger partial charge in [-0.05, 0) is 66.5 Å². The van der Waals surface area contributed by atoms with Crippen molar-refractivity contribution in [3.05, 3.63) is 151 Å². The third kappa shape index (κ3) is 21.0. The number of rotatable bonds is 11. The van der Waals surface area contributed by atoms with Gasteiger partial charge in [-0.15, -0.1) is 78.2 Å². The number of anilines is 5. The van der Waals surface area contributed by atoms with E-state index in [2.05, 4.69) is 115 Å². The number of amides is 1. The van der Waals surface area contributed by atoms with E-state index >= 15 is 0 Å². The molecule has 12 aromatic rings. The minimum absolute atomic E-state index is 0.203. The number of aryl methyl sites for hydroxylation is 6. The van der Waals surface area contributed by atoms with E-state index in [-0.39, 0.29) is 11.6 Å². The van der Waals surface area contributed by atoms with Gasteiger partial charge in [-0.2, -0.15) is 0 Å². The Morgan fingerprint density at radius 1 is 0.463 bits per heavy atom. The van der Waals surface area contributed by atoms with Gasteiger partial charge in [-0.1, -0.05) is 0 Å². The van der Waals surface area contributed by atoms with Gasteiger partial charge >= 0.3 is 11.8 Å². The Kier molecular flexibility index (Phi) is 25.4. The number of aromatic nitrogens is 18. The Morgan fingerprint density at radius 2 is 0.874 bits per heavy atom. The summed E-state index contributed by atoms with van der Waals surface area (Å²) < 4.78 is 4.43. The molecule has 2 saturated heterocycles. The number of nitrogens with zero attached hydrogens (tertiary/aromatic N) is 21. The van der Waals surface area contributed by atoms with E-state index in [1.807, 2.05) is 149 Å². The van der Waals surface area contributed by atoms with Crippen LogP contribution in [0.2, 0.25) is 0 Å². The van der Waals surface area contributed by atoms with E-state index in [4.69, 9.17) is 0 Å². The maximum Gasteiger partial charge on any atom is 0.413 e. The Morgan fingerprint density at radius 3 is 1.24 bits per heavy atom. The zero-order valence-electron chi connectivity index (χ0n) is 54.1. The molecule has 1 amide bonds. The molecule has 0 bridgehead atoms. The van der Waals surface area contributed by atoms with Crippen molar-refractivity contribution in [3.63, 3.8) is 0 Å². The lowest BCUT2D eigenvalue weighted by Gasteiger charge is -2.27. The van der Waals surface area contributed by atoms with E-state index in [0.29, 0.717) is 0 Å². The molecule has 0 aliphatic carbocycles. The summed E-state index contributed by atoms with van der Waals surface area (Å²) in [6.45, 7) is 17.9. The Hall–Kier alpha value is -9.51. The number of hydrogen-bond donors (Lipinski definition) is 3. The predicted molar refractivity (Wildman–Crippen MR) is 381 cm³/mol. The fourth-order valence-corrected chi connectivity index (χ4v) is 12.9. The van der Waals surface area contributed by atoms with Crippen molar-refractivity contribution in [1.82, 2.24) is 95.3 Å². The highest BCUT2D eigenvalue weighted by Gasteiger charge is 2.17. The maximum atomic E-state index is 10.9. The van der Waals surface area contributed by atoms with Gasteiger partial charge in [0.2, 0.25) is 17.8 Å². The molecule has 2 aliphatic heterocycles. The number of methoxy groups -OCH3 is 1. The van der Waals surface area contributed by atoms with Gasteiger partial charge in [0.25, 0.3) is 0 Å². The highest BCUT2D eigenvalue weighted by atomic mass is 32.1. The van der Waals surface area contributed by atoms with Gasteiger partial charge in [0.05, 0.1) is 19.5 Å². The second-order valence-corrected chi connectivity index (χ2v) is 26.4. The number of H-pyrrole nitrogens is 1. The summed E-state index contributed by atoms with van der Waals surface area (Å²) >= 11 is 9.50. The molecular formula is C62H70N24O3S6. The Bertz CT molecular complexity index is 4240. The minimum Gasteiger partial charge on any atom is -0.453 e. The Balaban J connectivity index is 0.000000134. The first-order valence-electron chi connectivity index (χ1n) is 29.5. The topological polar surface area (TPSA) is 315 Å². The molecule has 0 aromatic carbocycles. The summed E-state index contributed by atoms with van der Waals surface area (Å²) in [4.78, 5) is 96.5. The van der Waals surface area contributed by atoms with Gasteiger partial charge < -0.3 is 34.6 Å². The lowest BCUT2D eigenvalue weighted by molar-refractivity contribution is 0.186. The van der Waals surface area contributed by atoms with Crippen molar-refractivity contribution in [2.45, 2.75) is 54.4 Å². The van der Waals surface area contributed by atoms with Crippen molar-refractivity contribution < 1.29 is 9.53 Å². The van der Waals surface area contributed by atoms with Crippen LogP contribution in [0.4, 0.5) is 34.3 Å². The fraction of sp³-hybridized carbons (Fsp3) is 0.306. The lowest BCUT2D eigenvalue weighted by atomic mass is 10.3. The zero-order valence-corrected chi connectivity index (χ0v) is 59.0. The molecule has 2 fully saturated rings. The highest BCUT2D eigenvalue weighted by Crippen LogP contribution is 2.28. The van der Waals surface area contributed by atoms with Crippen LogP contribution in [0.25, 0.3) is 63.7 Å². The average molecular weight is 1390 g/mol. The number of aromatic amines is 1. The van der Waals surface area contributed by atoms with Crippen molar-refractivity contribution in [1.29, 1.82) is 0 Å². The SMILES string of the molecule is COC(=O)Nc1ncc(-c2nc(C)cs2)cn1.Cc1csc(-c2ccc(N(C)C)nn2)n1.Cc1csc(-c2cnc(=O)[nH]c2)n1.Cc1csc(-c2cnc(N(C)C)cn2)n1.Cc1csc(-c2cnc(N3CCCC3)nc2)n1.Cc1csc(-c2cnc(N3CCNCC3)nc2)n1. The van der Waals surface area contributed by atoms with Gasteiger partial charge in [0.15, 0.2) is 5.82 Å². The van der Waals surface area contributed by atoms with Crippen molar-refractivity contribution >= 4 is 104 Å². The molecule has 14 heterocycles. The second-order valence-electron chi connectivity index (χ2n) is 21.3. The third-order valence-electron chi connectivity index (χ3n) is 13.1. The van der Waals surface area contributed by atoms with Crippen LogP contribution in [0.1, 0.15) is 47.0 Å². The smallest absolute Gasteiger partial charge is 0.413 e. The summed E-state index contributed by atoms with van der Waals surface area (Å²) in [7, 11) is 9.05. The Labute approximate surface area is 573 Å². The van der Waals surface area contributed by atoms with E-state index in [0.717, 1.165) is 161 Å². The quantitative estimate of drug-likeness (QED) is 0.108. The maximum absolute atomic E-state index is 10.9. The second kappa shape index (κ2) is 34.6. The van der Waals surface area contributed by atoms with Crippen LogP contribution in [0.5, 0.6) is 0 Å². The average Bonchev–Trinajstić information content (AvgIpc) is 2.60. The molecule has 0 radical (unpaired) electrons. The standard InChI is InChI=1S/C12H15N5S.C12H14N4S.C10H10N4O2S.2C10H12N4S.C8H7N3OS/c1-9-8-18-11(16-9)10-6-14-12(15-7-10)17-4-2-13-3-5-17;1-9-8-17-11(15-9)10-6-13-12(14-7-10)16-4-2-3-5-16;1-6-5-17-8(13-6)7-3-11-9(12-4-7)14-10(15)16-2;1-7-6-15-10(13-7)8-4-12-9(5-11-8)14(2)3;1-7-6-15-10(11-7)8-4-5-9(13-12-8)14(2)3;1-5-4-13-7(11-5)6-2-9-8(12)10-3-6/h6-8,13H,2-5H2,1H3;6-8H,2-5H2,1H3;3-5H,1-2H3,(H,11,12,14,15);2*4-6H,1-3H3;2-4H,1H3,(H,9,10,12). The summed E-state index contributed by atoms with van der Waals surface area (Å²) in [5.41, 5.74) is 11.1. The monoisotopic (exact) mass is 1390 g/mol. The highest BCUT2D eigenvalue weighted by molar-refractivity contribution is 7.14. The molecule has 0 unspecified atom stereocenters. The minimum atomic E-state index is -0.595. The largest absolute Gasteiger partial charge is 0.453 e. The van der Waals surface area contributed by atoms with Gasteiger partial charge in [0.1, 0.15) is 47.3 Å². The van der Waals surface area contributed by atoms with Crippen LogP contribution >= 0.6 is 68.0 Å². The van der Waals surface area contributed by atoms with E-state index < -0.39 is 6.09 Å². The van der Waals surface area contributed by atoms with Crippen molar-refractivity contribution in [3.8, 4) is 63.7 Å². The molecule has 0 saturated carbocycles. The van der Waals surface area contributed by atoms with E-state index in [1.165, 1.54) is 48.8 Å². The van der Waals surface area contributed by atoms with E-state index in [1.54, 1.807) is 76.3 Å². The summed E-state index contributed by atoms with van der Waals surface area (Å²) in [5, 5.41) is 31.5.